The van der Waals surface area contributed by atoms with E-state index in [0.29, 0.717) is 42.6 Å². The van der Waals surface area contributed by atoms with Crippen LogP contribution in [0.4, 0.5) is 0 Å². The number of hydrogen-bond acceptors (Lipinski definition) is 7. The fourth-order valence-electron chi connectivity index (χ4n) is 3.96. The predicted octanol–water partition coefficient (Wildman–Crippen LogP) is 3.54. The molecule has 0 saturated carbocycles. The summed E-state index contributed by atoms with van der Waals surface area (Å²) in [4.78, 5) is 0. The van der Waals surface area contributed by atoms with Gasteiger partial charge in [0.05, 0.1) is 25.6 Å². The average Bonchev–Trinajstić information content (AvgIpc) is 2.85. The van der Waals surface area contributed by atoms with E-state index in [9.17, 15) is 13.5 Å². The van der Waals surface area contributed by atoms with Gasteiger partial charge in [0.1, 0.15) is 0 Å². The molecule has 0 radical (unpaired) electrons. The van der Waals surface area contributed by atoms with Gasteiger partial charge in [0, 0.05) is 32.7 Å². The minimum atomic E-state index is -3.58. The molecule has 37 heavy (non-hydrogen) atoms. The lowest BCUT2D eigenvalue weighted by molar-refractivity contribution is 0.129. The highest BCUT2D eigenvalue weighted by Crippen LogP contribution is 2.31. The molecule has 0 amide bonds. The smallest absolute Gasteiger partial charge is 0.215 e. The van der Waals surface area contributed by atoms with Gasteiger partial charge in [-0.15, -0.1) is 12.4 Å². The van der Waals surface area contributed by atoms with Gasteiger partial charge in [0.2, 0.25) is 10.0 Å². The van der Waals surface area contributed by atoms with Crippen LogP contribution in [0, 0.1) is 11.8 Å². The first-order chi connectivity index (χ1) is 17.1. The molecule has 8 nitrogen and oxygen atoms in total. The number of benzene rings is 2. The molecule has 0 aliphatic heterocycles. The Bertz CT molecular complexity index is 1010. The lowest BCUT2D eigenvalue weighted by atomic mass is 9.83. The quantitative estimate of drug-likeness (QED) is 0.254. The van der Waals surface area contributed by atoms with Crippen LogP contribution in [-0.2, 0) is 26.9 Å². The number of sulfonamides is 1. The molecule has 0 fully saturated rings. The molecule has 10 heteroatoms. The van der Waals surface area contributed by atoms with Gasteiger partial charge in [-0.05, 0) is 47.9 Å². The van der Waals surface area contributed by atoms with E-state index in [2.05, 4.69) is 18.6 Å². The van der Waals surface area contributed by atoms with Crippen LogP contribution >= 0.6 is 12.4 Å². The Labute approximate surface area is 228 Å². The van der Waals surface area contributed by atoms with Crippen LogP contribution in [0.15, 0.2) is 48.5 Å². The molecule has 0 aromatic heterocycles. The first-order valence-corrected chi connectivity index (χ1v) is 14.0. The van der Waals surface area contributed by atoms with Crippen LogP contribution in [0.2, 0.25) is 0 Å². The number of nitrogens with two attached hydrogens (primary N) is 1. The number of aliphatic hydroxyl groups is 1. The maximum Gasteiger partial charge on any atom is 0.215 e. The third-order valence-corrected chi connectivity index (χ3v) is 7.52. The molecule has 4 N–H and O–H groups in total. The van der Waals surface area contributed by atoms with Crippen molar-refractivity contribution in [1.29, 1.82) is 0 Å². The molecule has 0 aliphatic carbocycles. The zero-order valence-corrected chi connectivity index (χ0v) is 23.9. The number of hydrogen-bond donors (Lipinski definition) is 3. The van der Waals surface area contributed by atoms with E-state index in [1.165, 1.54) is 0 Å². The number of aliphatic hydroxyl groups excluding tert-OH is 1. The van der Waals surface area contributed by atoms with Crippen LogP contribution in [0.5, 0.6) is 11.5 Å². The van der Waals surface area contributed by atoms with Crippen molar-refractivity contribution in [2.24, 2.45) is 17.6 Å². The minimum absolute atomic E-state index is 0. The Balaban J connectivity index is 0.00000684. The molecule has 210 valence electrons. The molecule has 0 bridgehead atoms. The topological polar surface area (TPSA) is 120 Å². The van der Waals surface area contributed by atoms with Crippen LogP contribution in [0.25, 0.3) is 0 Å². The molecule has 2 aromatic rings. The Morgan fingerprint density at radius 1 is 1.00 bits per heavy atom. The number of ether oxygens (including phenoxy) is 3. The Morgan fingerprint density at radius 2 is 1.70 bits per heavy atom. The predicted molar refractivity (Wildman–Crippen MR) is 150 cm³/mol. The number of nitrogens with one attached hydrogen (secondary N) is 1. The van der Waals surface area contributed by atoms with Crippen molar-refractivity contribution < 1.29 is 27.7 Å². The first kappa shape index (κ1) is 33.1. The van der Waals surface area contributed by atoms with Gasteiger partial charge in [-0.2, -0.15) is 0 Å². The lowest BCUT2D eigenvalue weighted by Crippen LogP contribution is -2.45. The first-order valence-electron chi connectivity index (χ1n) is 12.4. The number of methoxy groups -OCH3 is 2. The fourth-order valence-corrected chi connectivity index (χ4v) is 5.11. The van der Waals surface area contributed by atoms with Crippen molar-refractivity contribution >= 4 is 22.4 Å². The SMILES string of the molecule is COCCCOc1cc(CC(CC(N)C(O)CNS(=O)(=O)Cc2ccccc2)C(C)C)ccc1OC.Cl. The van der Waals surface area contributed by atoms with Gasteiger partial charge in [0.15, 0.2) is 11.5 Å². The third-order valence-electron chi connectivity index (χ3n) is 6.20. The van der Waals surface area contributed by atoms with Crippen molar-refractivity contribution in [1.82, 2.24) is 4.72 Å². The van der Waals surface area contributed by atoms with Crippen molar-refractivity contribution in [3.63, 3.8) is 0 Å². The molecule has 2 aromatic carbocycles. The van der Waals surface area contributed by atoms with Crippen LogP contribution in [-0.4, -0.2) is 59.6 Å². The summed E-state index contributed by atoms with van der Waals surface area (Å²) >= 11 is 0. The second-order valence-electron chi connectivity index (χ2n) is 9.45. The number of rotatable bonds is 17. The van der Waals surface area contributed by atoms with Crippen molar-refractivity contribution in [2.45, 2.75) is 51.0 Å². The summed E-state index contributed by atoms with van der Waals surface area (Å²) in [5.74, 6) is 1.71. The average molecular weight is 559 g/mol. The Hall–Kier alpha value is -1.88. The summed E-state index contributed by atoms with van der Waals surface area (Å²) in [6, 6.07) is 14.3. The molecule has 0 aliphatic rings. The lowest BCUT2D eigenvalue weighted by Gasteiger charge is -2.27. The van der Waals surface area contributed by atoms with E-state index in [1.807, 2.05) is 24.3 Å². The number of halogens is 1. The molecular formula is C27H43ClN2O6S. The maximum absolute atomic E-state index is 12.4. The largest absolute Gasteiger partial charge is 0.493 e. The summed E-state index contributed by atoms with van der Waals surface area (Å²) < 4.78 is 43.7. The highest BCUT2D eigenvalue weighted by Gasteiger charge is 2.24. The van der Waals surface area contributed by atoms with E-state index in [-0.39, 0.29) is 30.6 Å². The monoisotopic (exact) mass is 558 g/mol. The van der Waals surface area contributed by atoms with Crippen molar-refractivity contribution in [3.05, 3.63) is 59.7 Å². The second-order valence-corrected chi connectivity index (χ2v) is 11.3. The summed E-state index contributed by atoms with van der Waals surface area (Å²) in [6.45, 7) is 5.28. The van der Waals surface area contributed by atoms with Crippen LogP contribution < -0.4 is 19.9 Å². The summed E-state index contributed by atoms with van der Waals surface area (Å²) in [7, 11) is -0.304. The maximum atomic E-state index is 12.4. The Kier molecular flexibility index (Phi) is 15.1. The van der Waals surface area contributed by atoms with E-state index >= 15 is 0 Å². The fraction of sp³-hybridized carbons (Fsp3) is 0.556. The van der Waals surface area contributed by atoms with Crippen molar-refractivity contribution in [2.75, 3.05) is 34.0 Å². The van der Waals surface area contributed by atoms with Gasteiger partial charge in [-0.3, -0.25) is 0 Å². The Morgan fingerprint density at radius 3 is 2.32 bits per heavy atom. The van der Waals surface area contributed by atoms with Gasteiger partial charge in [-0.1, -0.05) is 50.2 Å². The summed E-state index contributed by atoms with van der Waals surface area (Å²) in [6.07, 6.45) is 1.08. The normalized spacial score (nSPS) is 14.0. The third kappa shape index (κ3) is 12.0. The molecule has 2 rings (SSSR count). The van der Waals surface area contributed by atoms with Gasteiger partial charge < -0.3 is 25.1 Å². The van der Waals surface area contributed by atoms with Gasteiger partial charge in [0.25, 0.3) is 0 Å². The van der Waals surface area contributed by atoms with Gasteiger partial charge in [-0.25, -0.2) is 13.1 Å². The van der Waals surface area contributed by atoms with Crippen molar-refractivity contribution in [3.8, 4) is 11.5 Å². The zero-order valence-electron chi connectivity index (χ0n) is 22.3. The molecule has 3 unspecified atom stereocenters. The molecular weight excluding hydrogens is 516 g/mol. The standard InChI is InChI=1S/C27H42N2O6S.ClH/c1-20(2)23(15-22-11-12-26(34-4)27(16-22)35-14-8-13-33-3)17-24(28)25(30)18-29-36(31,32)19-21-9-6-5-7-10-21;/h5-7,9-12,16,20,23-25,29-30H,8,13-15,17-19,28H2,1-4H3;1H. The van der Waals surface area contributed by atoms with E-state index in [0.717, 1.165) is 18.4 Å². The summed E-state index contributed by atoms with van der Waals surface area (Å²) in [5.41, 5.74) is 8.09. The molecule has 3 atom stereocenters. The highest BCUT2D eigenvalue weighted by molar-refractivity contribution is 7.88. The van der Waals surface area contributed by atoms with Crippen LogP contribution in [0.1, 0.15) is 37.8 Å². The highest BCUT2D eigenvalue weighted by atomic mass is 35.5. The van der Waals surface area contributed by atoms with E-state index in [1.54, 1.807) is 38.5 Å². The zero-order chi connectivity index (χ0) is 26.6. The molecule has 0 saturated heterocycles. The van der Waals surface area contributed by atoms with Crippen LogP contribution in [0.3, 0.4) is 0 Å². The minimum Gasteiger partial charge on any atom is -0.493 e. The summed E-state index contributed by atoms with van der Waals surface area (Å²) in [5, 5.41) is 10.6. The molecule has 0 spiro atoms. The second kappa shape index (κ2) is 16.9. The van der Waals surface area contributed by atoms with E-state index < -0.39 is 22.2 Å². The van der Waals surface area contributed by atoms with E-state index in [4.69, 9.17) is 19.9 Å². The van der Waals surface area contributed by atoms with Gasteiger partial charge >= 0.3 is 0 Å². The molecule has 0 heterocycles.